The van der Waals surface area contributed by atoms with Crippen LogP contribution < -0.4 is 5.32 Å². The number of aryl methyl sites for hydroxylation is 1. The van der Waals surface area contributed by atoms with Crippen LogP contribution in [0.25, 0.3) is 0 Å². The lowest BCUT2D eigenvalue weighted by Crippen LogP contribution is -2.39. The fourth-order valence-electron chi connectivity index (χ4n) is 3.28. The monoisotopic (exact) mass is 308 g/mol. The summed E-state index contributed by atoms with van der Waals surface area (Å²) in [5, 5.41) is 12.3. The summed E-state index contributed by atoms with van der Waals surface area (Å²) in [6, 6.07) is 1.41. The van der Waals surface area contributed by atoms with Crippen molar-refractivity contribution in [2.75, 3.05) is 13.2 Å². The summed E-state index contributed by atoms with van der Waals surface area (Å²) in [5.74, 6) is -0.394. The zero-order valence-corrected chi connectivity index (χ0v) is 13.0. The van der Waals surface area contributed by atoms with Gasteiger partial charge in [0.25, 0.3) is 0 Å². The van der Waals surface area contributed by atoms with E-state index in [2.05, 4.69) is 10.3 Å². The molecule has 1 heterocycles. The van der Waals surface area contributed by atoms with Gasteiger partial charge in [-0.25, -0.2) is 4.39 Å². The van der Waals surface area contributed by atoms with E-state index in [1.54, 1.807) is 6.20 Å². The zero-order chi connectivity index (χ0) is 15.8. The highest BCUT2D eigenvalue weighted by molar-refractivity contribution is 5.76. The summed E-state index contributed by atoms with van der Waals surface area (Å²) in [4.78, 5) is 15.8. The molecule has 1 saturated carbocycles. The second-order valence-electron chi connectivity index (χ2n) is 6.32. The van der Waals surface area contributed by atoms with Crippen LogP contribution in [0.4, 0.5) is 4.39 Å². The lowest BCUT2D eigenvalue weighted by Gasteiger charge is -2.37. The topological polar surface area (TPSA) is 62.2 Å². The summed E-state index contributed by atoms with van der Waals surface area (Å²) >= 11 is 0. The van der Waals surface area contributed by atoms with Crippen molar-refractivity contribution >= 4 is 5.91 Å². The van der Waals surface area contributed by atoms with Gasteiger partial charge in [-0.1, -0.05) is 19.3 Å². The van der Waals surface area contributed by atoms with Gasteiger partial charge in [-0.15, -0.1) is 0 Å². The number of rotatable bonds is 7. The fourth-order valence-corrected chi connectivity index (χ4v) is 3.28. The molecule has 1 aliphatic carbocycles. The van der Waals surface area contributed by atoms with Gasteiger partial charge >= 0.3 is 0 Å². The molecule has 1 fully saturated rings. The number of hydrogen-bond acceptors (Lipinski definition) is 3. The fraction of sp³-hybridized carbons (Fsp3) is 0.647. The van der Waals surface area contributed by atoms with E-state index < -0.39 is 0 Å². The molecule has 0 aliphatic heterocycles. The van der Waals surface area contributed by atoms with Crippen molar-refractivity contribution in [1.82, 2.24) is 10.3 Å². The Hall–Kier alpha value is -1.49. The second kappa shape index (κ2) is 8.22. The number of aliphatic hydroxyl groups is 1. The summed E-state index contributed by atoms with van der Waals surface area (Å²) in [5.41, 5.74) is 0.793. The number of nitrogens with one attached hydrogen (secondary N) is 1. The molecule has 0 aromatic carbocycles. The van der Waals surface area contributed by atoms with Crippen LogP contribution >= 0.6 is 0 Å². The van der Waals surface area contributed by atoms with Gasteiger partial charge in [0.2, 0.25) is 5.91 Å². The zero-order valence-electron chi connectivity index (χ0n) is 13.0. The second-order valence-corrected chi connectivity index (χ2v) is 6.32. The van der Waals surface area contributed by atoms with E-state index in [1.165, 1.54) is 25.3 Å². The van der Waals surface area contributed by atoms with Crippen LogP contribution in [0.15, 0.2) is 18.5 Å². The van der Waals surface area contributed by atoms with Crippen LogP contribution in [0.1, 0.15) is 50.5 Å². The maximum absolute atomic E-state index is 13.0. The molecule has 0 radical (unpaired) electrons. The Balaban J connectivity index is 1.78. The lowest BCUT2D eigenvalue weighted by atomic mass is 9.72. The van der Waals surface area contributed by atoms with E-state index in [1.807, 2.05) is 0 Å². The molecule has 0 bridgehead atoms. The number of amides is 1. The SMILES string of the molecule is O=C(CCc1cncc(F)c1)NCC1(CCO)CCCCC1. The van der Waals surface area contributed by atoms with Crippen molar-refractivity contribution in [1.29, 1.82) is 0 Å². The van der Waals surface area contributed by atoms with Crippen LogP contribution in [0.2, 0.25) is 0 Å². The predicted molar refractivity (Wildman–Crippen MR) is 82.7 cm³/mol. The van der Waals surface area contributed by atoms with Crippen molar-refractivity contribution in [2.45, 2.75) is 51.4 Å². The van der Waals surface area contributed by atoms with Crippen molar-refractivity contribution in [2.24, 2.45) is 5.41 Å². The molecule has 22 heavy (non-hydrogen) atoms. The lowest BCUT2D eigenvalue weighted by molar-refractivity contribution is -0.121. The molecule has 2 N–H and O–H groups in total. The highest BCUT2D eigenvalue weighted by Gasteiger charge is 2.31. The molecule has 4 nitrogen and oxygen atoms in total. The molecule has 0 atom stereocenters. The van der Waals surface area contributed by atoms with Crippen LogP contribution in [0.5, 0.6) is 0 Å². The molecular formula is C17H25FN2O2. The average molecular weight is 308 g/mol. The van der Waals surface area contributed by atoms with Gasteiger partial charge < -0.3 is 10.4 Å². The number of halogens is 1. The Morgan fingerprint density at radius 3 is 2.77 bits per heavy atom. The Kier molecular flexibility index (Phi) is 6.31. The minimum Gasteiger partial charge on any atom is -0.396 e. The molecule has 2 rings (SSSR count). The third kappa shape index (κ3) is 5.05. The predicted octanol–water partition coefficient (Wildman–Crippen LogP) is 2.60. The maximum Gasteiger partial charge on any atom is 0.220 e. The van der Waals surface area contributed by atoms with Gasteiger partial charge in [0.1, 0.15) is 5.82 Å². The van der Waals surface area contributed by atoms with Gasteiger partial charge in [0, 0.05) is 25.8 Å². The number of hydrogen-bond donors (Lipinski definition) is 2. The van der Waals surface area contributed by atoms with Crippen LogP contribution in [-0.4, -0.2) is 29.1 Å². The minimum absolute atomic E-state index is 0.0212. The van der Waals surface area contributed by atoms with Crippen molar-refractivity contribution in [3.63, 3.8) is 0 Å². The van der Waals surface area contributed by atoms with E-state index in [0.29, 0.717) is 19.4 Å². The molecule has 1 aliphatic rings. The number of nitrogens with zero attached hydrogens (tertiary/aromatic N) is 1. The van der Waals surface area contributed by atoms with Crippen LogP contribution in [0, 0.1) is 11.2 Å². The summed E-state index contributed by atoms with van der Waals surface area (Å²) < 4.78 is 13.0. The summed E-state index contributed by atoms with van der Waals surface area (Å²) in [6.45, 7) is 0.804. The molecule has 0 saturated heterocycles. The first kappa shape index (κ1) is 16.9. The number of carbonyl (C=O) groups excluding carboxylic acids is 1. The normalized spacial score (nSPS) is 17.2. The number of pyridine rings is 1. The Morgan fingerprint density at radius 2 is 2.09 bits per heavy atom. The first-order valence-corrected chi connectivity index (χ1v) is 8.11. The van der Waals surface area contributed by atoms with Gasteiger partial charge in [-0.05, 0) is 42.7 Å². The molecule has 1 aromatic heterocycles. The number of aliphatic hydroxyl groups excluding tert-OH is 1. The van der Waals surface area contributed by atoms with E-state index in [-0.39, 0.29) is 23.7 Å². The maximum atomic E-state index is 13.0. The van der Waals surface area contributed by atoms with Gasteiger partial charge in [-0.2, -0.15) is 0 Å². The Labute approximate surface area is 131 Å². The van der Waals surface area contributed by atoms with Crippen LogP contribution in [-0.2, 0) is 11.2 Å². The van der Waals surface area contributed by atoms with Gasteiger partial charge in [0.05, 0.1) is 6.20 Å². The average Bonchev–Trinajstić information content (AvgIpc) is 2.52. The number of carbonyl (C=O) groups is 1. The smallest absolute Gasteiger partial charge is 0.220 e. The standard InChI is InChI=1S/C17H25FN2O2/c18-15-10-14(11-19-12-15)4-5-16(22)20-13-17(8-9-21)6-2-1-3-7-17/h10-12,21H,1-9,13H2,(H,20,22). The Morgan fingerprint density at radius 1 is 1.32 bits per heavy atom. The van der Waals surface area contributed by atoms with Crippen molar-refractivity contribution in [3.8, 4) is 0 Å². The van der Waals surface area contributed by atoms with E-state index >= 15 is 0 Å². The minimum atomic E-state index is -0.373. The van der Waals surface area contributed by atoms with Gasteiger partial charge in [-0.3, -0.25) is 9.78 Å². The van der Waals surface area contributed by atoms with E-state index in [9.17, 15) is 14.3 Å². The summed E-state index contributed by atoms with van der Waals surface area (Å²) in [6.07, 6.45) is 10.0. The van der Waals surface area contributed by atoms with Gasteiger partial charge in [0.15, 0.2) is 0 Å². The van der Waals surface area contributed by atoms with Crippen molar-refractivity contribution in [3.05, 3.63) is 29.8 Å². The van der Waals surface area contributed by atoms with E-state index in [4.69, 9.17) is 0 Å². The first-order chi connectivity index (χ1) is 10.6. The van der Waals surface area contributed by atoms with E-state index in [0.717, 1.165) is 31.0 Å². The molecule has 5 heteroatoms. The highest BCUT2D eigenvalue weighted by Crippen LogP contribution is 2.38. The third-order valence-electron chi connectivity index (χ3n) is 4.62. The molecule has 122 valence electrons. The Bertz CT molecular complexity index is 482. The first-order valence-electron chi connectivity index (χ1n) is 8.11. The van der Waals surface area contributed by atoms with Crippen molar-refractivity contribution < 1.29 is 14.3 Å². The molecule has 0 unspecified atom stereocenters. The third-order valence-corrected chi connectivity index (χ3v) is 4.62. The highest BCUT2D eigenvalue weighted by atomic mass is 19.1. The molecular weight excluding hydrogens is 283 g/mol. The number of aromatic nitrogens is 1. The molecule has 0 spiro atoms. The van der Waals surface area contributed by atoms with Crippen LogP contribution in [0.3, 0.4) is 0 Å². The quantitative estimate of drug-likeness (QED) is 0.814. The largest absolute Gasteiger partial charge is 0.396 e. The summed E-state index contributed by atoms with van der Waals surface area (Å²) in [7, 11) is 0. The molecule has 1 aromatic rings. The molecule has 1 amide bonds.